The van der Waals surface area contributed by atoms with Crippen LogP contribution in [0, 0.1) is 5.82 Å². The molecule has 0 aliphatic carbocycles. The van der Waals surface area contributed by atoms with E-state index in [1.165, 1.54) is 24.3 Å². The first-order valence-corrected chi connectivity index (χ1v) is 8.26. The molecule has 0 bridgehead atoms. The van der Waals surface area contributed by atoms with Gasteiger partial charge in [-0.25, -0.2) is 4.39 Å². The van der Waals surface area contributed by atoms with Crippen molar-refractivity contribution in [2.75, 3.05) is 16.8 Å². The second kappa shape index (κ2) is 7.49. The van der Waals surface area contributed by atoms with Gasteiger partial charge in [0.1, 0.15) is 5.82 Å². The van der Waals surface area contributed by atoms with Gasteiger partial charge in [0.25, 0.3) is 0 Å². The number of halogens is 2. The molecule has 0 spiro atoms. The molecule has 4 nitrogen and oxygen atoms in total. The van der Waals surface area contributed by atoms with Crippen molar-refractivity contribution in [1.29, 1.82) is 0 Å². The number of rotatable bonds is 4. The lowest BCUT2D eigenvalue weighted by atomic mass is 10.2. The highest BCUT2D eigenvalue weighted by atomic mass is 35.5. The zero-order valence-electron chi connectivity index (χ0n) is 13.3. The molecule has 0 atom stereocenters. The van der Waals surface area contributed by atoms with E-state index in [2.05, 4.69) is 5.32 Å². The Balaban J connectivity index is 1.65. The SMILES string of the molecule is O=C(/C=C/c1c(F)cccc1Cl)Nc1ccc(N2CCCC2=O)cc1. The van der Waals surface area contributed by atoms with Gasteiger partial charge in [0.05, 0.1) is 5.02 Å². The zero-order chi connectivity index (χ0) is 17.8. The maximum atomic E-state index is 13.7. The Labute approximate surface area is 149 Å². The van der Waals surface area contributed by atoms with Crippen LogP contribution in [0.25, 0.3) is 6.08 Å². The summed E-state index contributed by atoms with van der Waals surface area (Å²) in [5.74, 6) is -0.776. The van der Waals surface area contributed by atoms with Gasteiger partial charge in [0, 0.05) is 36.0 Å². The molecule has 128 valence electrons. The number of anilines is 2. The smallest absolute Gasteiger partial charge is 0.248 e. The largest absolute Gasteiger partial charge is 0.323 e. The number of nitrogens with one attached hydrogen (secondary N) is 1. The van der Waals surface area contributed by atoms with Gasteiger partial charge in [0.15, 0.2) is 0 Å². The van der Waals surface area contributed by atoms with E-state index in [-0.39, 0.29) is 16.5 Å². The quantitative estimate of drug-likeness (QED) is 0.830. The number of carbonyl (C=O) groups is 2. The average Bonchev–Trinajstić information content (AvgIpc) is 3.01. The van der Waals surface area contributed by atoms with Crippen molar-refractivity contribution in [3.63, 3.8) is 0 Å². The van der Waals surface area contributed by atoms with Crippen LogP contribution in [0.5, 0.6) is 0 Å². The summed E-state index contributed by atoms with van der Waals surface area (Å²) >= 11 is 5.91. The lowest BCUT2D eigenvalue weighted by molar-refractivity contribution is -0.117. The molecule has 1 heterocycles. The van der Waals surface area contributed by atoms with E-state index in [1.54, 1.807) is 35.2 Å². The molecule has 25 heavy (non-hydrogen) atoms. The lowest BCUT2D eigenvalue weighted by Crippen LogP contribution is -2.23. The Kier molecular flexibility index (Phi) is 5.14. The van der Waals surface area contributed by atoms with E-state index < -0.39 is 11.7 Å². The van der Waals surface area contributed by atoms with E-state index in [0.29, 0.717) is 12.1 Å². The summed E-state index contributed by atoms with van der Waals surface area (Å²) in [6, 6.07) is 11.4. The van der Waals surface area contributed by atoms with Crippen molar-refractivity contribution in [2.45, 2.75) is 12.8 Å². The van der Waals surface area contributed by atoms with E-state index in [0.717, 1.165) is 18.7 Å². The molecular weight excluding hydrogens is 343 g/mol. The highest BCUT2D eigenvalue weighted by molar-refractivity contribution is 6.32. The van der Waals surface area contributed by atoms with Crippen LogP contribution in [-0.4, -0.2) is 18.4 Å². The minimum atomic E-state index is -0.490. The fraction of sp³-hybridized carbons (Fsp3) is 0.158. The van der Waals surface area contributed by atoms with Crippen molar-refractivity contribution in [3.8, 4) is 0 Å². The van der Waals surface area contributed by atoms with Crippen LogP contribution in [0.4, 0.5) is 15.8 Å². The number of carbonyl (C=O) groups excluding carboxylic acids is 2. The topological polar surface area (TPSA) is 49.4 Å². The second-order valence-corrected chi connectivity index (χ2v) is 6.06. The highest BCUT2D eigenvalue weighted by Gasteiger charge is 2.21. The summed E-state index contributed by atoms with van der Waals surface area (Å²) in [4.78, 5) is 25.4. The first-order chi connectivity index (χ1) is 12.0. The molecule has 1 N–H and O–H groups in total. The van der Waals surface area contributed by atoms with Crippen LogP contribution in [0.3, 0.4) is 0 Å². The minimum Gasteiger partial charge on any atom is -0.323 e. The molecule has 1 aliphatic rings. The van der Waals surface area contributed by atoms with Crippen molar-refractivity contribution in [2.24, 2.45) is 0 Å². The van der Waals surface area contributed by atoms with Crippen molar-refractivity contribution in [3.05, 3.63) is 64.9 Å². The molecule has 1 aliphatic heterocycles. The lowest BCUT2D eigenvalue weighted by Gasteiger charge is -2.15. The normalized spacial score (nSPS) is 14.3. The number of hydrogen-bond donors (Lipinski definition) is 1. The monoisotopic (exact) mass is 358 g/mol. The van der Waals surface area contributed by atoms with Crippen LogP contribution in [0.1, 0.15) is 18.4 Å². The Morgan fingerprint density at radius 1 is 1.20 bits per heavy atom. The van der Waals surface area contributed by atoms with Gasteiger partial charge >= 0.3 is 0 Å². The van der Waals surface area contributed by atoms with E-state index in [4.69, 9.17) is 11.6 Å². The molecule has 1 fully saturated rings. The third kappa shape index (κ3) is 4.06. The summed E-state index contributed by atoms with van der Waals surface area (Å²) in [7, 11) is 0. The van der Waals surface area contributed by atoms with Gasteiger partial charge in [-0.3, -0.25) is 9.59 Å². The van der Waals surface area contributed by atoms with Crippen molar-refractivity contribution < 1.29 is 14.0 Å². The molecule has 0 aromatic heterocycles. The van der Waals surface area contributed by atoms with E-state index in [1.807, 2.05) is 0 Å². The van der Waals surface area contributed by atoms with Gasteiger partial charge in [0.2, 0.25) is 11.8 Å². The molecule has 2 aromatic carbocycles. The number of nitrogens with zero attached hydrogens (tertiary/aromatic N) is 1. The minimum absolute atomic E-state index is 0.112. The summed E-state index contributed by atoms with van der Waals surface area (Å²) < 4.78 is 13.7. The first-order valence-electron chi connectivity index (χ1n) is 7.88. The zero-order valence-corrected chi connectivity index (χ0v) is 14.1. The Morgan fingerprint density at radius 3 is 2.60 bits per heavy atom. The molecule has 0 saturated carbocycles. The number of benzene rings is 2. The highest BCUT2D eigenvalue weighted by Crippen LogP contribution is 2.23. The fourth-order valence-electron chi connectivity index (χ4n) is 2.66. The maximum absolute atomic E-state index is 13.7. The predicted octanol–water partition coefficient (Wildman–Crippen LogP) is 4.26. The van der Waals surface area contributed by atoms with Crippen molar-refractivity contribution in [1.82, 2.24) is 0 Å². The summed E-state index contributed by atoms with van der Waals surface area (Å²) in [6.45, 7) is 0.719. The van der Waals surface area contributed by atoms with Gasteiger partial charge in [-0.1, -0.05) is 17.7 Å². The van der Waals surface area contributed by atoms with Crippen LogP contribution < -0.4 is 10.2 Å². The summed E-state index contributed by atoms with van der Waals surface area (Å²) in [5.41, 5.74) is 1.57. The maximum Gasteiger partial charge on any atom is 0.248 e. The third-order valence-electron chi connectivity index (χ3n) is 3.92. The fourth-order valence-corrected chi connectivity index (χ4v) is 2.88. The van der Waals surface area contributed by atoms with Gasteiger partial charge in [-0.15, -0.1) is 0 Å². The summed E-state index contributed by atoms with van der Waals surface area (Å²) in [5, 5.41) is 2.92. The molecule has 2 amide bonds. The second-order valence-electron chi connectivity index (χ2n) is 5.65. The van der Waals surface area contributed by atoms with Crippen LogP contribution in [0.2, 0.25) is 5.02 Å². The predicted molar refractivity (Wildman–Crippen MR) is 97.1 cm³/mol. The number of amides is 2. The van der Waals surface area contributed by atoms with E-state index >= 15 is 0 Å². The van der Waals surface area contributed by atoms with Crippen LogP contribution in [0.15, 0.2) is 48.5 Å². The Morgan fingerprint density at radius 2 is 1.96 bits per heavy atom. The third-order valence-corrected chi connectivity index (χ3v) is 4.25. The molecule has 2 aromatic rings. The molecule has 3 rings (SSSR count). The Bertz CT molecular complexity index is 814. The van der Waals surface area contributed by atoms with Crippen LogP contribution >= 0.6 is 11.6 Å². The average molecular weight is 359 g/mol. The van der Waals surface area contributed by atoms with E-state index in [9.17, 15) is 14.0 Å². The number of hydrogen-bond acceptors (Lipinski definition) is 2. The Hall–Kier alpha value is -2.66. The first kappa shape index (κ1) is 17.2. The van der Waals surface area contributed by atoms with Crippen molar-refractivity contribution >= 4 is 40.9 Å². The standard InChI is InChI=1S/C19H16ClFN2O2/c20-16-3-1-4-17(21)15(16)10-11-18(24)22-13-6-8-14(9-7-13)23-12-2-5-19(23)25/h1,3-4,6-11H,2,5,12H2,(H,22,24)/b11-10+. The summed E-state index contributed by atoms with van der Waals surface area (Å²) in [6.07, 6.45) is 4.00. The van der Waals surface area contributed by atoms with Gasteiger partial charge < -0.3 is 10.2 Å². The molecule has 0 radical (unpaired) electrons. The van der Waals surface area contributed by atoms with Gasteiger partial charge in [-0.05, 0) is 48.9 Å². The van der Waals surface area contributed by atoms with Gasteiger partial charge in [-0.2, -0.15) is 0 Å². The van der Waals surface area contributed by atoms with Crippen LogP contribution in [-0.2, 0) is 9.59 Å². The molecule has 1 saturated heterocycles. The molecular formula is C19H16ClFN2O2. The molecule has 0 unspecified atom stereocenters. The molecule has 6 heteroatoms.